The molecule has 16 heavy (non-hydrogen) atoms. The Kier molecular flexibility index (Phi) is 5.51. The molecule has 1 saturated carbocycles. The maximum Gasteiger partial charge on any atom is 0.0304 e. The van der Waals surface area contributed by atoms with E-state index < -0.39 is 0 Å². The van der Waals surface area contributed by atoms with Crippen molar-refractivity contribution in [3.8, 4) is 0 Å². The van der Waals surface area contributed by atoms with Gasteiger partial charge in [-0.05, 0) is 44.1 Å². The van der Waals surface area contributed by atoms with Crippen molar-refractivity contribution < 1.29 is 0 Å². The quantitative estimate of drug-likeness (QED) is 0.445. The minimum Gasteiger partial charge on any atom is -0.266 e. The molecule has 0 atom stereocenters. The lowest BCUT2D eigenvalue weighted by Crippen LogP contribution is -2.14. The van der Waals surface area contributed by atoms with Gasteiger partial charge in [0.1, 0.15) is 0 Å². The van der Waals surface area contributed by atoms with Gasteiger partial charge < -0.3 is 0 Å². The number of allylic oxidation sites excluding steroid dienone is 2. The van der Waals surface area contributed by atoms with Crippen LogP contribution in [0, 0.1) is 5.92 Å². The molecular weight excluding hydrogens is 194 g/mol. The molecule has 0 aromatic heterocycles. The van der Waals surface area contributed by atoms with E-state index in [2.05, 4.69) is 38.5 Å². The lowest BCUT2D eigenvalue weighted by Gasteiger charge is -2.28. The average molecular weight is 219 g/mol. The van der Waals surface area contributed by atoms with Crippen LogP contribution < -0.4 is 0 Å². The van der Waals surface area contributed by atoms with Crippen LogP contribution in [0.3, 0.4) is 0 Å². The third-order valence-electron chi connectivity index (χ3n) is 3.42. The number of rotatable bonds is 6. The van der Waals surface area contributed by atoms with Gasteiger partial charge in [0.15, 0.2) is 0 Å². The normalized spacial score (nSPS) is 18.4. The van der Waals surface area contributed by atoms with Gasteiger partial charge in [-0.25, -0.2) is 0 Å². The van der Waals surface area contributed by atoms with Gasteiger partial charge >= 0.3 is 0 Å². The van der Waals surface area contributed by atoms with Crippen LogP contribution in [0.15, 0.2) is 28.9 Å². The van der Waals surface area contributed by atoms with Crippen LogP contribution in [0.5, 0.6) is 0 Å². The van der Waals surface area contributed by atoms with Gasteiger partial charge in [-0.1, -0.05) is 38.8 Å². The number of hydrogen-bond acceptors (Lipinski definition) is 1. The second kappa shape index (κ2) is 6.67. The summed E-state index contributed by atoms with van der Waals surface area (Å²) in [5.74, 6) is 0.741. The summed E-state index contributed by atoms with van der Waals surface area (Å²) >= 11 is 0. The van der Waals surface area contributed by atoms with E-state index in [9.17, 15) is 0 Å². The van der Waals surface area contributed by atoms with Gasteiger partial charge in [0.2, 0.25) is 0 Å². The van der Waals surface area contributed by atoms with Crippen LogP contribution in [0.25, 0.3) is 0 Å². The van der Waals surface area contributed by atoms with E-state index in [1.165, 1.54) is 42.5 Å². The Morgan fingerprint density at radius 2 is 2.06 bits per heavy atom. The maximum absolute atomic E-state index is 4.58. The highest BCUT2D eigenvalue weighted by Crippen LogP contribution is 2.37. The summed E-state index contributed by atoms with van der Waals surface area (Å²) in [6.45, 7) is 10.7. The van der Waals surface area contributed by atoms with Crippen molar-refractivity contribution in [2.75, 3.05) is 0 Å². The molecule has 1 fully saturated rings. The lowest BCUT2D eigenvalue weighted by atomic mass is 9.77. The van der Waals surface area contributed by atoms with Crippen LogP contribution in [0.1, 0.15) is 59.3 Å². The van der Waals surface area contributed by atoms with Gasteiger partial charge in [0.05, 0.1) is 0 Å². The third kappa shape index (κ3) is 3.62. The van der Waals surface area contributed by atoms with Crippen LogP contribution in [-0.4, -0.2) is 5.71 Å². The second-order valence-corrected chi connectivity index (χ2v) is 4.78. The van der Waals surface area contributed by atoms with E-state index in [-0.39, 0.29) is 0 Å². The molecule has 90 valence electrons. The van der Waals surface area contributed by atoms with E-state index >= 15 is 0 Å². The molecule has 0 aromatic carbocycles. The Morgan fingerprint density at radius 1 is 1.38 bits per heavy atom. The van der Waals surface area contributed by atoms with Crippen molar-refractivity contribution in [3.63, 3.8) is 0 Å². The monoisotopic (exact) mass is 219 g/mol. The summed E-state index contributed by atoms with van der Waals surface area (Å²) in [5.41, 5.74) is 3.92. The van der Waals surface area contributed by atoms with Gasteiger partial charge in [0, 0.05) is 11.9 Å². The van der Waals surface area contributed by atoms with Gasteiger partial charge in [-0.15, -0.1) is 0 Å². The molecule has 0 bridgehead atoms. The highest BCUT2D eigenvalue weighted by molar-refractivity contribution is 5.82. The summed E-state index contributed by atoms with van der Waals surface area (Å²) in [5, 5.41) is 0. The summed E-state index contributed by atoms with van der Waals surface area (Å²) in [6.07, 6.45) is 9.44. The molecular formula is C15H25N. The molecule has 0 radical (unpaired) electrons. The minimum atomic E-state index is 0.741. The van der Waals surface area contributed by atoms with Gasteiger partial charge in [-0.2, -0.15) is 0 Å². The van der Waals surface area contributed by atoms with Gasteiger partial charge in [0.25, 0.3) is 0 Å². The molecule has 0 amide bonds. The summed E-state index contributed by atoms with van der Waals surface area (Å²) < 4.78 is 0. The van der Waals surface area contributed by atoms with E-state index in [1.54, 1.807) is 0 Å². The Morgan fingerprint density at radius 3 is 2.50 bits per heavy atom. The number of aliphatic imine (C=N–C) groups is 1. The Balaban J connectivity index is 2.71. The zero-order valence-corrected chi connectivity index (χ0v) is 11.1. The van der Waals surface area contributed by atoms with Gasteiger partial charge in [-0.3, -0.25) is 4.99 Å². The van der Waals surface area contributed by atoms with E-state index in [0.29, 0.717) is 0 Å². The largest absolute Gasteiger partial charge is 0.266 e. The van der Waals surface area contributed by atoms with Crippen molar-refractivity contribution in [1.29, 1.82) is 0 Å². The molecule has 0 aliphatic heterocycles. The standard InChI is InChI=1S/C15H25N/c1-5-8-13(4)16-11-15(12(3)6-2)14-9-7-10-14/h11,14H,3,5-10H2,1-2,4H3/b15-11+,16-13?. The van der Waals surface area contributed by atoms with Crippen LogP contribution in [0.2, 0.25) is 0 Å². The molecule has 1 rings (SSSR count). The lowest BCUT2D eigenvalue weighted by molar-refractivity contribution is 0.370. The van der Waals surface area contributed by atoms with Crippen LogP contribution in [0.4, 0.5) is 0 Å². The fraction of sp³-hybridized carbons (Fsp3) is 0.667. The van der Waals surface area contributed by atoms with Crippen molar-refractivity contribution in [2.45, 2.75) is 59.3 Å². The Hall–Kier alpha value is -0.850. The van der Waals surface area contributed by atoms with Crippen molar-refractivity contribution in [2.24, 2.45) is 10.9 Å². The van der Waals surface area contributed by atoms with Crippen molar-refractivity contribution >= 4 is 5.71 Å². The first-order valence-corrected chi connectivity index (χ1v) is 6.60. The number of hydrogen-bond donors (Lipinski definition) is 0. The first-order valence-electron chi connectivity index (χ1n) is 6.60. The molecule has 1 heteroatoms. The van der Waals surface area contributed by atoms with Crippen molar-refractivity contribution in [1.82, 2.24) is 0 Å². The minimum absolute atomic E-state index is 0.741. The highest BCUT2D eigenvalue weighted by atomic mass is 14.7. The average Bonchev–Trinajstić information content (AvgIpc) is 2.20. The topological polar surface area (TPSA) is 12.4 Å². The zero-order chi connectivity index (χ0) is 12.0. The third-order valence-corrected chi connectivity index (χ3v) is 3.42. The summed E-state index contributed by atoms with van der Waals surface area (Å²) in [4.78, 5) is 4.58. The fourth-order valence-corrected chi connectivity index (χ4v) is 2.01. The second-order valence-electron chi connectivity index (χ2n) is 4.78. The Bertz CT molecular complexity index is 293. The molecule has 0 unspecified atom stereocenters. The molecule has 0 aromatic rings. The van der Waals surface area contributed by atoms with E-state index in [1.807, 2.05) is 0 Å². The van der Waals surface area contributed by atoms with Crippen molar-refractivity contribution in [3.05, 3.63) is 23.9 Å². The first-order chi connectivity index (χ1) is 7.69. The van der Waals surface area contributed by atoms with Crippen LogP contribution in [-0.2, 0) is 0 Å². The van der Waals surface area contributed by atoms with E-state index in [0.717, 1.165) is 18.8 Å². The molecule has 0 saturated heterocycles. The zero-order valence-electron chi connectivity index (χ0n) is 11.1. The maximum atomic E-state index is 4.58. The molecule has 1 aliphatic rings. The first kappa shape index (κ1) is 13.2. The molecule has 1 nitrogen and oxygen atoms in total. The smallest absolute Gasteiger partial charge is 0.0304 e. The Labute approximate surface area is 100 Å². The van der Waals surface area contributed by atoms with E-state index in [4.69, 9.17) is 0 Å². The molecule has 0 heterocycles. The summed E-state index contributed by atoms with van der Waals surface area (Å²) in [6, 6.07) is 0. The molecule has 0 spiro atoms. The predicted molar refractivity (Wildman–Crippen MR) is 72.9 cm³/mol. The molecule has 1 aliphatic carbocycles. The predicted octanol–water partition coefficient (Wildman–Crippen LogP) is 4.90. The highest BCUT2D eigenvalue weighted by Gasteiger charge is 2.22. The SMILES string of the molecule is C=C(CC)/C(=C\N=C(C)CCC)C1CCC1. The fourth-order valence-electron chi connectivity index (χ4n) is 2.01. The number of nitrogens with zero attached hydrogens (tertiary/aromatic N) is 1. The van der Waals surface area contributed by atoms with Crippen LogP contribution >= 0.6 is 0 Å². The molecule has 0 N–H and O–H groups in total. The summed E-state index contributed by atoms with van der Waals surface area (Å²) in [7, 11) is 0.